The van der Waals surface area contributed by atoms with Crippen molar-refractivity contribution in [2.45, 2.75) is 18.9 Å². The molecule has 16 heteroatoms. The molecule has 9 rings (SSSR count). The maximum absolute atomic E-state index is 13.6. The highest BCUT2D eigenvalue weighted by Crippen LogP contribution is 2.34. The Labute approximate surface area is 412 Å². The van der Waals surface area contributed by atoms with Crippen molar-refractivity contribution in [2.75, 3.05) is 72.8 Å². The second kappa shape index (κ2) is 22.4. The zero-order valence-corrected chi connectivity index (χ0v) is 38.7. The Morgan fingerprint density at radius 1 is 0.542 bits per heavy atom. The third-order valence-corrected chi connectivity index (χ3v) is 12.4. The van der Waals surface area contributed by atoms with Crippen LogP contribution in [0.1, 0.15) is 43.0 Å². The SMILES string of the molecule is N#Cc1cc(CN2CCN(c3ccc(NC(=O)c4ccccc4-c4ccc(C(F)(F)F)cc4)cc3)CC2)ccc1F.O=C(Nc1ccc(N2CCNCC2)cc1)c1ccccc1-c1ccc(C(F)(F)F)cc1. The molecule has 2 saturated heterocycles. The number of anilines is 4. The number of rotatable bonds is 10. The molecule has 3 N–H and O–H groups in total. The van der Waals surface area contributed by atoms with E-state index in [2.05, 4.69) is 30.7 Å². The Morgan fingerprint density at radius 2 is 0.972 bits per heavy atom. The van der Waals surface area contributed by atoms with Gasteiger partial charge in [0.25, 0.3) is 11.8 Å². The van der Waals surface area contributed by atoms with Gasteiger partial charge in [-0.2, -0.15) is 31.6 Å². The van der Waals surface area contributed by atoms with Crippen LogP contribution in [-0.2, 0) is 18.9 Å². The highest BCUT2D eigenvalue weighted by molar-refractivity contribution is 6.09. The van der Waals surface area contributed by atoms with Crippen LogP contribution in [0.3, 0.4) is 0 Å². The van der Waals surface area contributed by atoms with Crippen LogP contribution in [0.2, 0.25) is 0 Å². The first-order valence-electron chi connectivity index (χ1n) is 23.1. The maximum Gasteiger partial charge on any atom is 0.416 e. The van der Waals surface area contributed by atoms with Crippen LogP contribution < -0.4 is 25.8 Å². The smallest absolute Gasteiger partial charge is 0.369 e. The highest BCUT2D eigenvalue weighted by Gasteiger charge is 2.31. The predicted molar refractivity (Wildman–Crippen MR) is 266 cm³/mol. The Hall–Kier alpha value is -8.00. The highest BCUT2D eigenvalue weighted by atomic mass is 19.4. The number of benzene rings is 7. The minimum absolute atomic E-state index is 0.0522. The third kappa shape index (κ3) is 12.7. The van der Waals surface area contributed by atoms with Crippen molar-refractivity contribution in [1.82, 2.24) is 10.2 Å². The number of piperazine rings is 2. The molecule has 9 nitrogen and oxygen atoms in total. The molecule has 0 radical (unpaired) electrons. The summed E-state index contributed by atoms with van der Waals surface area (Å²) in [5.74, 6) is -1.18. The Bertz CT molecular complexity index is 3010. The van der Waals surface area contributed by atoms with Crippen LogP contribution in [0.25, 0.3) is 22.3 Å². The van der Waals surface area contributed by atoms with E-state index in [1.807, 2.05) is 54.6 Å². The molecule has 7 aromatic carbocycles. The number of amides is 2. The minimum Gasteiger partial charge on any atom is -0.369 e. The lowest BCUT2D eigenvalue weighted by molar-refractivity contribution is -0.138. The number of halogens is 7. The molecule has 0 atom stereocenters. The Kier molecular flexibility index (Phi) is 15.7. The average Bonchev–Trinajstić information content (AvgIpc) is 3.40. The molecule has 2 aliphatic heterocycles. The Morgan fingerprint density at radius 3 is 1.40 bits per heavy atom. The first-order valence-corrected chi connectivity index (χ1v) is 23.1. The fourth-order valence-electron chi connectivity index (χ4n) is 8.55. The van der Waals surface area contributed by atoms with E-state index in [1.54, 1.807) is 60.7 Å². The molecule has 2 heterocycles. The number of nitrogens with one attached hydrogen (secondary N) is 3. The van der Waals surface area contributed by atoms with Crippen LogP contribution in [0.5, 0.6) is 0 Å². The zero-order chi connectivity index (χ0) is 50.8. The van der Waals surface area contributed by atoms with Crippen LogP contribution in [0.4, 0.5) is 53.5 Å². The molecule has 2 amide bonds. The van der Waals surface area contributed by atoms with Gasteiger partial charge >= 0.3 is 12.4 Å². The van der Waals surface area contributed by atoms with Gasteiger partial charge in [-0.15, -0.1) is 0 Å². The summed E-state index contributed by atoms with van der Waals surface area (Å²) in [6.45, 7) is 7.59. The predicted octanol–water partition coefficient (Wildman–Crippen LogP) is 12.0. The van der Waals surface area contributed by atoms with Gasteiger partial charge in [0.1, 0.15) is 11.9 Å². The monoisotopic (exact) mass is 983 g/mol. The first kappa shape index (κ1) is 50.4. The average molecular weight is 984 g/mol. The van der Waals surface area contributed by atoms with Gasteiger partial charge in [0, 0.05) is 92.8 Å². The van der Waals surface area contributed by atoms with E-state index in [-0.39, 0.29) is 17.4 Å². The lowest BCUT2D eigenvalue weighted by Crippen LogP contribution is -2.45. The molecule has 2 aliphatic rings. The van der Waals surface area contributed by atoms with Gasteiger partial charge in [-0.1, -0.05) is 66.7 Å². The van der Waals surface area contributed by atoms with Crippen molar-refractivity contribution in [3.05, 3.63) is 203 Å². The lowest BCUT2D eigenvalue weighted by atomic mass is 9.98. The van der Waals surface area contributed by atoms with Crippen LogP contribution in [0, 0.1) is 17.1 Å². The van der Waals surface area contributed by atoms with Gasteiger partial charge in [-0.3, -0.25) is 14.5 Å². The molecule has 0 spiro atoms. The quantitative estimate of drug-likeness (QED) is 0.117. The third-order valence-electron chi connectivity index (χ3n) is 12.4. The topological polar surface area (TPSA) is 104 Å². The van der Waals surface area contributed by atoms with E-state index >= 15 is 0 Å². The number of alkyl halides is 6. The molecule has 0 unspecified atom stereocenters. The van der Waals surface area contributed by atoms with Crippen LogP contribution >= 0.6 is 0 Å². The minimum atomic E-state index is -4.43. The zero-order valence-electron chi connectivity index (χ0n) is 38.7. The van der Waals surface area contributed by atoms with Gasteiger partial charge in [0.05, 0.1) is 16.7 Å². The molecule has 7 aromatic rings. The summed E-state index contributed by atoms with van der Waals surface area (Å²) in [6.07, 6.45) is -8.82. The molecule has 0 bridgehead atoms. The molecular weight excluding hydrogens is 936 g/mol. The number of carbonyl (C=O) groups excluding carboxylic acids is 2. The molecule has 0 aliphatic carbocycles. The van der Waals surface area contributed by atoms with Crippen molar-refractivity contribution < 1.29 is 40.3 Å². The van der Waals surface area contributed by atoms with E-state index in [4.69, 9.17) is 5.26 Å². The van der Waals surface area contributed by atoms with E-state index < -0.39 is 29.3 Å². The Balaban J connectivity index is 0.000000200. The van der Waals surface area contributed by atoms with E-state index in [1.165, 1.54) is 30.3 Å². The summed E-state index contributed by atoms with van der Waals surface area (Å²) in [5, 5.41) is 18.1. The van der Waals surface area contributed by atoms with Crippen LogP contribution in [-0.4, -0.2) is 69.1 Å². The van der Waals surface area contributed by atoms with Gasteiger partial charge in [-0.05, 0) is 125 Å². The van der Waals surface area contributed by atoms with E-state index in [9.17, 15) is 40.3 Å². The fourth-order valence-corrected chi connectivity index (χ4v) is 8.55. The van der Waals surface area contributed by atoms with Crippen molar-refractivity contribution in [3.8, 4) is 28.3 Å². The normalized spacial score (nSPS) is 14.1. The number of carbonyl (C=O) groups is 2. The van der Waals surface area contributed by atoms with Crippen LogP contribution in [0.15, 0.2) is 164 Å². The number of hydrogen-bond donors (Lipinski definition) is 3. The van der Waals surface area contributed by atoms with Gasteiger partial charge in [0.15, 0.2) is 0 Å². The molecule has 2 fully saturated rings. The van der Waals surface area contributed by atoms with Gasteiger partial charge in [0.2, 0.25) is 0 Å². The number of nitriles is 1. The first-order chi connectivity index (χ1) is 34.6. The molecule has 0 saturated carbocycles. The standard InChI is InChI=1S/C32H26F4N4O.C24H22F3N3O/c33-30-14-5-22(19-24(30)20-37)21-39-15-17-40(18-16-39)27-12-10-26(11-13-27)38-31(41)29-4-2-1-3-28(29)23-6-8-25(9-7-23)32(34,35)36;25-24(26,27)18-7-5-17(6-8-18)21-3-1-2-4-22(21)23(31)29-19-9-11-20(12-10-19)30-15-13-28-14-16-30/h1-14,19H,15-18,21H2,(H,38,41);1-12,28H,13-16H2,(H,29,31). The van der Waals surface area contributed by atoms with Crippen molar-refractivity contribution in [1.29, 1.82) is 5.26 Å². The number of hydrogen-bond acceptors (Lipinski definition) is 7. The van der Waals surface area contributed by atoms with Crippen molar-refractivity contribution in [2.24, 2.45) is 0 Å². The molecular formula is C56H48F7N7O2. The van der Waals surface area contributed by atoms with Crippen molar-refractivity contribution in [3.63, 3.8) is 0 Å². The second-order valence-electron chi connectivity index (χ2n) is 17.2. The fraction of sp³-hybridized carbons (Fsp3) is 0.196. The number of nitrogens with zero attached hydrogens (tertiary/aromatic N) is 4. The summed E-state index contributed by atoms with van der Waals surface area (Å²) in [7, 11) is 0. The molecule has 0 aromatic heterocycles. The summed E-state index contributed by atoms with van der Waals surface area (Å²) in [5.41, 5.74) is 5.80. The van der Waals surface area contributed by atoms with E-state index in [0.717, 1.165) is 93.6 Å². The molecule has 368 valence electrons. The largest absolute Gasteiger partial charge is 0.416 e. The summed E-state index contributed by atoms with van der Waals surface area (Å²) < 4.78 is 91.0. The summed E-state index contributed by atoms with van der Waals surface area (Å²) >= 11 is 0. The summed E-state index contributed by atoms with van der Waals surface area (Å²) in [6, 6.07) is 45.0. The van der Waals surface area contributed by atoms with Crippen molar-refractivity contribution >= 4 is 34.6 Å². The lowest BCUT2D eigenvalue weighted by Gasteiger charge is -2.36. The molecule has 72 heavy (non-hydrogen) atoms. The summed E-state index contributed by atoms with van der Waals surface area (Å²) in [4.78, 5) is 32.8. The van der Waals surface area contributed by atoms with E-state index in [0.29, 0.717) is 51.3 Å². The maximum atomic E-state index is 13.6. The van der Waals surface area contributed by atoms with Gasteiger partial charge < -0.3 is 25.8 Å². The van der Waals surface area contributed by atoms with Gasteiger partial charge in [-0.25, -0.2) is 4.39 Å². The second-order valence-corrected chi connectivity index (χ2v) is 17.2.